The number of carbonyl (C=O) groups is 3. The third kappa shape index (κ3) is 7.73. The van der Waals surface area contributed by atoms with Crippen LogP contribution in [0, 0.1) is 0 Å². The molecule has 0 spiro atoms. The van der Waals surface area contributed by atoms with Gasteiger partial charge in [-0.3, -0.25) is 9.59 Å². The zero-order chi connectivity index (χ0) is 25.1. The van der Waals surface area contributed by atoms with Crippen LogP contribution in [-0.4, -0.2) is 62.1 Å². The van der Waals surface area contributed by atoms with Crippen LogP contribution in [0.2, 0.25) is 0 Å². The number of aromatic nitrogens is 1. The fourth-order valence-corrected chi connectivity index (χ4v) is 3.04. The Labute approximate surface area is 198 Å². The second-order valence-electron chi connectivity index (χ2n) is 7.39. The first-order chi connectivity index (χ1) is 16.3. The summed E-state index contributed by atoms with van der Waals surface area (Å²) >= 11 is 0. The van der Waals surface area contributed by atoms with Crippen LogP contribution in [0.4, 0.5) is 0 Å². The summed E-state index contributed by atoms with van der Waals surface area (Å²) in [6, 6.07) is 10.2. The van der Waals surface area contributed by atoms with E-state index in [1.807, 2.05) is 30.3 Å². The summed E-state index contributed by atoms with van der Waals surface area (Å²) in [5.74, 6) is -1.70. The molecule has 10 heteroatoms. The SMILES string of the molecule is COc1ccnc(C(=O)N[C@@H](C)C(=O)O[C@@H](C)[C@@H](Cc2ccccc2)OC)c1OCOC(C)=O. The monoisotopic (exact) mass is 474 g/mol. The van der Waals surface area contributed by atoms with E-state index in [1.54, 1.807) is 14.0 Å². The van der Waals surface area contributed by atoms with Gasteiger partial charge < -0.3 is 29.0 Å². The summed E-state index contributed by atoms with van der Waals surface area (Å²) in [4.78, 5) is 40.5. The van der Waals surface area contributed by atoms with Gasteiger partial charge in [-0.15, -0.1) is 0 Å². The van der Waals surface area contributed by atoms with E-state index in [0.717, 1.165) is 5.56 Å². The summed E-state index contributed by atoms with van der Waals surface area (Å²) < 4.78 is 26.4. The number of hydrogen-bond donors (Lipinski definition) is 1. The van der Waals surface area contributed by atoms with Gasteiger partial charge in [0.1, 0.15) is 12.1 Å². The quantitative estimate of drug-likeness (QED) is 0.365. The molecule has 0 aliphatic rings. The van der Waals surface area contributed by atoms with Crippen molar-refractivity contribution in [2.24, 2.45) is 0 Å². The van der Waals surface area contributed by atoms with Crippen LogP contribution in [0.25, 0.3) is 0 Å². The maximum absolute atomic E-state index is 12.8. The van der Waals surface area contributed by atoms with Crippen LogP contribution in [0.15, 0.2) is 42.6 Å². The number of pyridine rings is 1. The van der Waals surface area contributed by atoms with E-state index in [1.165, 1.54) is 33.2 Å². The molecule has 3 atom stereocenters. The molecule has 0 unspecified atom stereocenters. The molecule has 1 heterocycles. The molecule has 0 aliphatic heterocycles. The van der Waals surface area contributed by atoms with Gasteiger partial charge in [-0.05, 0) is 19.4 Å². The summed E-state index contributed by atoms with van der Waals surface area (Å²) in [6.45, 7) is 4.01. The zero-order valence-corrected chi connectivity index (χ0v) is 19.9. The molecule has 1 N–H and O–H groups in total. The van der Waals surface area contributed by atoms with E-state index in [-0.39, 0.29) is 23.3 Å². The minimum Gasteiger partial charge on any atom is -0.493 e. The van der Waals surface area contributed by atoms with Crippen molar-refractivity contribution in [2.45, 2.75) is 45.4 Å². The van der Waals surface area contributed by atoms with E-state index >= 15 is 0 Å². The van der Waals surface area contributed by atoms with Crippen molar-refractivity contribution >= 4 is 17.8 Å². The number of methoxy groups -OCH3 is 2. The van der Waals surface area contributed by atoms with Crippen LogP contribution in [0.3, 0.4) is 0 Å². The fourth-order valence-electron chi connectivity index (χ4n) is 3.04. The van der Waals surface area contributed by atoms with Crippen molar-refractivity contribution < 1.29 is 38.1 Å². The van der Waals surface area contributed by atoms with E-state index in [9.17, 15) is 14.4 Å². The number of ether oxygens (including phenoxy) is 5. The van der Waals surface area contributed by atoms with Gasteiger partial charge in [0.05, 0.1) is 13.2 Å². The topological polar surface area (TPSA) is 122 Å². The highest BCUT2D eigenvalue weighted by atomic mass is 16.7. The van der Waals surface area contributed by atoms with Gasteiger partial charge in [0.2, 0.25) is 6.79 Å². The van der Waals surface area contributed by atoms with Crippen LogP contribution in [-0.2, 0) is 30.2 Å². The predicted octanol–water partition coefficient (Wildman–Crippen LogP) is 2.30. The summed E-state index contributed by atoms with van der Waals surface area (Å²) in [7, 11) is 2.94. The van der Waals surface area contributed by atoms with E-state index < -0.39 is 36.8 Å². The van der Waals surface area contributed by atoms with Gasteiger partial charge in [-0.2, -0.15) is 0 Å². The van der Waals surface area contributed by atoms with Crippen molar-refractivity contribution in [2.75, 3.05) is 21.0 Å². The molecule has 0 aliphatic carbocycles. The van der Waals surface area contributed by atoms with Crippen LogP contribution >= 0.6 is 0 Å². The molecule has 34 heavy (non-hydrogen) atoms. The van der Waals surface area contributed by atoms with Crippen LogP contribution in [0.1, 0.15) is 36.8 Å². The van der Waals surface area contributed by atoms with E-state index in [4.69, 9.17) is 23.7 Å². The molecule has 1 aromatic heterocycles. The Morgan fingerprint density at radius 1 is 1.06 bits per heavy atom. The first-order valence-corrected chi connectivity index (χ1v) is 10.6. The van der Waals surface area contributed by atoms with Crippen LogP contribution < -0.4 is 14.8 Å². The highest BCUT2D eigenvalue weighted by Gasteiger charge is 2.27. The Morgan fingerprint density at radius 2 is 1.76 bits per heavy atom. The maximum atomic E-state index is 12.8. The zero-order valence-electron chi connectivity index (χ0n) is 19.9. The van der Waals surface area contributed by atoms with Crippen molar-refractivity contribution in [3.63, 3.8) is 0 Å². The summed E-state index contributed by atoms with van der Waals surface area (Å²) in [5.41, 5.74) is 0.905. The number of esters is 2. The lowest BCUT2D eigenvalue weighted by Crippen LogP contribution is -2.43. The molecule has 2 aromatic rings. The summed E-state index contributed by atoms with van der Waals surface area (Å²) in [6.07, 6.45) is 0.985. The fraction of sp³-hybridized carbons (Fsp3) is 0.417. The molecule has 2 rings (SSSR count). The lowest BCUT2D eigenvalue weighted by molar-refractivity contribution is -0.156. The van der Waals surface area contributed by atoms with Crippen molar-refractivity contribution in [1.82, 2.24) is 10.3 Å². The smallest absolute Gasteiger partial charge is 0.328 e. The lowest BCUT2D eigenvalue weighted by Gasteiger charge is -2.24. The number of benzene rings is 1. The molecule has 0 saturated heterocycles. The summed E-state index contributed by atoms with van der Waals surface area (Å²) in [5, 5.41) is 2.54. The Bertz CT molecular complexity index is 967. The molecule has 1 aromatic carbocycles. The molecule has 184 valence electrons. The molecule has 10 nitrogen and oxygen atoms in total. The Morgan fingerprint density at radius 3 is 2.38 bits per heavy atom. The number of rotatable bonds is 12. The largest absolute Gasteiger partial charge is 0.493 e. The Hall–Kier alpha value is -3.66. The second kappa shape index (κ2) is 13.1. The number of nitrogens with one attached hydrogen (secondary N) is 1. The molecule has 0 saturated carbocycles. The third-order valence-electron chi connectivity index (χ3n) is 4.88. The Balaban J connectivity index is 2.02. The maximum Gasteiger partial charge on any atom is 0.328 e. The molecule has 0 radical (unpaired) electrons. The van der Waals surface area contributed by atoms with Gasteiger partial charge >= 0.3 is 11.9 Å². The number of amides is 1. The third-order valence-corrected chi connectivity index (χ3v) is 4.88. The van der Waals surface area contributed by atoms with Crippen molar-refractivity contribution in [1.29, 1.82) is 0 Å². The highest BCUT2D eigenvalue weighted by molar-refractivity contribution is 5.98. The number of nitrogens with zero attached hydrogens (tertiary/aromatic N) is 1. The molecule has 0 bridgehead atoms. The lowest BCUT2D eigenvalue weighted by atomic mass is 10.0. The molecular weight excluding hydrogens is 444 g/mol. The van der Waals surface area contributed by atoms with E-state index in [0.29, 0.717) is 6.42 Å². The predicted molar refractivity (Wildman–Crippen MR) is 121 cm³/mol. The van der Waals surface area contributed by atoms with Crippen molar-refractivity contribution in [3.05, 3.63) is 53.9 Å². The first kappa shape index (κ1) is 26.6. The number of carbonyl (C=O) groups excluding carboxylic acids is 3. The standard InChI is InChI=1S/C24H30N2O8/c1-15(24(29)34-16(2)20(31-5)13-18-9-7-6-8-10-18)26-23(28)21-22(33-14-32-17(3)27)19(30-4)11-12-25-21/h6-12,15-16,20H,13-14H2,1-5H3,(H,26,28)/t15-,16-,20+/m0/s1. The first-order valence-electron chi connectivity index (χ1n) is 10.6. The number of hydrogen-bond acceptors (Lipinski definition) is 9. The van der Waals surface area contributed by atoms with Crippen molar-refractivity contribution in [3.8, 4) is 11.5 Å². The Kier molecular flexibility index (Phi) is 10.3. The van der Waals surface area contributed by atoms with E-state index in [2.05, 4.69) is 10.3 Å². The molecule has 0 fully saturated rings. The van der Waals surface area contributed by atoms with Crippen LogP contribution in [0.5, 0.6) is 11.5 Å². The molecular formula is C24H30N2O8. The van der Waals surface area contributed by atoms with Gasteiger partial charge in [0, 0.05) is 32.7 Å². The average Bonchev–Trinajstić information content (AvgIpc) is 2.82. The van der Waals surface area contributed by atoms with Gasteiger partial charge in [-0.25, -0.2) is 9.78 Å². The van der Waals surface area contributed by atoms with Gasteiger partial charge in [0.25, 0.3) is 5.91 Å². The highest BCUT2D eigenvalue weighted by Crippen LogP contribution is 2.29. The normalized spacial score (nSPS) is 13.2. The minimum absolute atomic E-state index is 0.0278. The average molecular weight is 475 g/mol. The minimum atomic E-state index is -0.987. The second-order valence-corrected chi connectivity index (χ2v) is 7.39. The molecule has 1 amide bonds. The van der Waals surface area contributed by atoms with Gasteiger partial charge in [0.15, 0.2) is 17.2 Å². The van der Waals surface area contributed by atoms with Gasteiger partial charge in [-0.1, -0.05) is 30.3 Å².